The third-order valence-corrected chi connectivity index (χ3v) is 6.82. The van der Waals surface area contributed by atoms with Crippen molar-refractivity contribution < 1.29 is 27.6 Å². The highest BCUT2D eigenvalue weighted by Crippen LogP contribution is 2.33. The minimum atomic E-state index is -0.964. The van der Waals surface area contributed by atoms with Crippen LogP contribution in [0.4, 0.5) is 4.39 Å². The summed E-state index contributed by atoms with van der Waals surface area (Å²) in [6.45, 7) is 3.59. The second-order valence-corrected chi connectivity index (χ2v) is 10.2. The molecule has 3 aromatic carbocycles. The molecule has 214 valence electrons. The fourth-order valence-corrected chi connectivity index (χ4v) is 4.60. The van der Waals surface area contributed by atoms with Crippen LogP contribution < -0.4 is 11.1 Å². The van der Waals surface area contributed by atoms with E-state index in [2.05, 4.69) is 15.5 Å². The Morgan fingerprint density at radius 3 is 2.45 bits per heavy atom. The van der Waals surface area contributed by atoms with Crippen LogP contribution in [-0.2, 0) is 16.7 Å². The number of hydrogen-bond acceptors (Lipinski definition) is 8. The topological polar surface area (TPSA) is 133 Å². The molecule has 0 spiro atoms. The third-order valence-electron chi connectivity index (χ3n) is 6.82. The normalized spacial score (nSPS) is 13.3. The molecule has 0 fully saturated rings. The van der Waals surface area contributed by atoms with Gasteiger partial charge in [-0.1, -0.05) is 42.5 Å². The van der Waals surface area contributed by atoms with Crippen LogP contribution in [0.1, 0.15) is 57.6 Å². The Kier molecular flexibility index (Phi) is 7.99. The molecule has 0 unspecified atom stereocenters. The van der Waals surface area contributed by atoms with E-state index in [4.69, 9.17) is 19.3 Å². The first-order valence-corrected chi connectivity index (χ1v) is 13.2. The predicted molar refractivity (Wildman–Crippen MR) is 153 cm³/mol. The molecule has 9 nitrogen and oxygen atoms in total. The molecule has 2 atom stereocenters. The number of furan rings is 1. The van der Waals surface area contributed by atoms with Crippen molar-refractivity contribution in [1.82, 2.24) is 15.5 Å². The molecular weight excluding hydrogens is 539 g/mol. The summed E-state index contributed by atoms with van der Waals surface area (Å²) in [4.78, 5) is 25.8. The van der Waals surface area contributed by atoms with E-state index >= 15 is 0 Å². The molecule has 0 aliphatic carbocycles. The van der Waals surface area contributed by atoms with E-state index in [-0.39, 0.29) is 34.5 Å². The Balaban J connectivity index is 1.52. The molecule has 5 aromatic rings. The largest absolute Gasteiger partial charge is 0.465 e. The number of nitrogens with zero attached hydrogens (tertiary/aromatic N) is 2. The van der Waals surface area contributed by atoms with Crippen LogP contribution in [0.2, 0.25) is 0 Å². The smallest absolute Gasteiger partial charge is 0.341 e. The van der Waals surface area contributed by atoms with Crippen LogP contribution >= 0.6 is 0 Å². The van der Waals surface area contributed by atoms with Gasteiger partial charge in [-0.2, -0.15) is 0 Å². The second kappa shape index (κ2) is 11.8. The van der Waals surface area contributed by atoms with Crippen molar-refractivity contribution in [3.63, 3.8) is 0 Å². The minimum absolute atomic E-state index is 0.128. The molecule has 0 bridgehead atoms. The van der Waals surface area contributed by atoms with Crippen LogP contribution in [0.15, 0.2) is 94.0 Å². The maximum atomic E-state index is 13.4. The predicted octanol–water partition coefficient (Wildman–Crippen LogP) is 5.83. The fourth-order valence-electron chi connectivity index (χ4n) is 4.60. The van der Waals surface area contributed by atoms with Crippen molar-refractivity contribution >= 4 is 11.9 Å². The number of aromatic nitrogens is 2. The number of rotatable bonds is 9. The summed E-state index contributed by atoms with van der Waals surface area (Å²) < 4.78 is 30.0. The average molecular weight is 569 g/mol. The molecule has 0 saturated heterocycles. The van der Waals surface area contributed by atoms with Crippen LogP contribution in [0, 0.1) is 5.82 Å². The fraction of sp³-hybridized carbons (Fsp3) is 0.188. The SMILES string of the molecule is COC(=O)c1ccoc1-c1cc(C(=O)N[C@H](C)c2ccc(F)cc2)cc(-c2nnc([C@](C)(N)Cc3ccccc3)o2)c1. The minimum Gasteiger partial charge on any atom is -0.465 e. The van der Waals surface area contributed by atoms with E-state index < -0.39 is 23.5 Å². The molecule has 2 aromatic heterocycles. The number of carbonyl (C=O) groups excluding carboxylic acids is 2. The molecule has 0 aliphatic rings. The number of ether oxygens (including phenoxy) is 1. The second-order valence-electron chi connectivity index (χ2n) is 10.2. The van der Waals surface area contributed by atoms with Crippen molar-refractivity contribution in [1.29, 1.82) is 0 Å². The highest BCUT2D eigenvalue weighted by molar-refractivity contribution is 5.99. The Hall–Kier alpha value is -5.09. The number of nitrogens with two attached hydrogens (primary N) is 1. The molecule has 0 aliphatic heterocycles. The zero-order valence-electron chi connectivity index (χ0n) is 23.3. The summed E-state index contributed by atoms with van der Waals surface area (Å²) >= 11 is 0. The van der Waals surface area contributed by atoms with Crippen LogP contribution in [0.25, 0.3) is 22.8 Å². The number of hydrogen-bond donors (Lipinski definition) is 2. The first-order valence-electron chi connectivity index (χ1n) is 13.2. The molecule has 3 N–H and O–H groups in total. The highest BCUT2D eigenvalue weighted by Gasteiger charge is 2.29. The van der Waals surface area contributed by atoms with Gasteiger partial charge in [0, 0.05) is 16.7 Å². The third kappa shape index (κ3) is 6.13. The lowest BCUT2D eigenvalue weighted by Crippen LogP contribution is -2.35. The first kappa shape index (κ1) is 28.4. The maximum absolute atomic E-state index is 13.4. The lowest BCUT2D eigenvalue weighted by molar-refractivity contribution is 0.0601. The standard InChI is InChI=1S/C32H29FN4O5/c1-19(21-9-11-25(33)12-10-21)35-28(38)23-15-22(27-26(13-14-41-27)30(39)40-3)16-24(17-23)29-36-37-31(42-29)32(2,34)18-20-7-5-4-6-8-20/h4-17,19H,18,34H2,1-3H3,(H,35,38)/t19-,32-/m1/s1. The lowest BCUT2D eigenvalue weighted by Gasteiger charge is -2.20. The van der Waals surface area contributed by atoms with Crippen LogP contribution in [0.3, 0.4) is 0 Å². The summed E-state index contributed by atoms with van der Waals surface area (Å²) in [6, 6.07) is 21.5. The van der Waals surface area contributed by atoms with E-state index in [9.17, 15) is 14.0 Å². The molecule has 0 saturated carbocycles. The van der Waals surface area contributed by atoms with E-state index in [1.807, 2.05) is 30.3 Å². The quantitative estimate of drug-likeness (QED) is 0.212. The lowest BCUT2D eigenvalue weighted by atomic mass is 9.94. The maximum Gasteiger partial charge on any atom is 0.341 e. The molecule has 42 heavy (non-hydrogen) atoms. The monoisotopic (exact) mass is 568 g/mol. The van der Waals surface area contributed by atoms with Gasteiger partial charge in [0.1, 0.15) is 17.1 Å². The van der Waals surface area contributed by atoms with Gasteiger partial charge in [-0.25, -0.2) is 9.18 Å². The summed E-state index contributed by atoms with van der Waals surface area (Å²) in [7, 11) is 1.27. The van der Waals surface area contributed by atoms with Crippen molar-refractivity contribution in [3.05, 3.63) is 119 Å². The number of carbonyl (C=O) groups is 2. The van der Waals surface area contributed by atoms with E-state index in [1.54, 1.807) is 44.2 Å². The van der Waals surface area contributed by atoms with Gasteiger partial charge in [0.05, 0.1) is 25.0 Å². The molecular formula is C32H29FN4O5. The summed E-state index contributed by atoms with van der Waals surface area (Å²) in [5.41, 5.74) is 8.60. The highest BCUT2D eigenvalue weighted by atomic mass is 19.1. The zero-order valence-corrected chi connectivity index (χ0v) is 23.3. The van der Waals surface area contributed by atoms with Gasteiger partial charge in [0.15, 0.2) is 0 Å². The number of methoxy groups -OCH3 is 1. The number of benzene rings is 3. The van der Waals surface area contributed by atoms with Gasteiger partial charge in [-0.15, -0.1) is 10.2 Å². The van der Waals surface area contributed by atoms with E-state index in [1.165, 1.54) is 31.6 Å². The van der Waals surface area contributed by atoms with Crippen molar-refractivity contribution in [2.45, 2.75) is 31.8 Å². The van der Waals surface area contributed by atoms with Gasteiger partial charge in [0.25, 0.3) is 5.91 Å². The average Bonchev–Trinajstić information content (AvgIpc) is 3.68. The van der Waals surface area contributed by atoms with Crippen molar-refractivity contribution in [2.24, 2.45) is 5.73 Å². The molecule has 0 radical (unpaired) electrons. The number of halogens is 1. The molecule has 5 rings (SSSR count). The number of amides is 1. The van der Waals surface area contributed by atoms with Crippen LogP contribution in [-0.4, -0.2) is 29.2 Å². The summed E-state index contributed by atoms with van der Waals surface area (Å²) in [5, 5.41) is 11.4. The van der Waals surface area contributed by atoms with Gasteiger partial charge in [-0.3, -0.25) is 4.79 Å². The van der Waals surface area contributed by atoms with Gasteiger partial charge in [0.2, 0.25) is 11.8 Å². The van der Waals surface area contributed by atoms with E-state index in [0.717, 1.165) is 11.1 Å². The Labute approximate surface area is 241 Å². The van der Waals surface area contributed by atoms with Crippen LogP contribution in [0.5, 0.6) is 0 Å². The van der Waals surface area contributed by atoms with E-state index in [0.29, 0.717) is 17.5 Å². The van der Waals surface area contributed by atoms with Gasteiger partial charge >= 0.3 is 5.97 Å². The van der Waals surface area contributed by atoms with Crippen molar-refractivity contribution in [3.8, 4) is 22.8 Å². The number of nitrogens with one attached hydrogen (secondary N) is 1. The zero-order chi connectivity index (χ0) is 29.9. The van der Waals surface area contributed by atoms with Crippen molar-refractivity contribution in [2.75, 3.05) is 7.11 Å². The van der Waals surface area contributed by atoms with Gasteiger partial charge in [-0.05, 0) is 67.8 Å². The Bertz CT molecular complexity index is 1710. The summed E-state index contributed by atoms with van der Waals surface area (Å²) in [6.07, 6.45) is 1.82. The number of esters is 1. The molecule has 10 heteroatoms. The summed E-state index contributed by atoms with van der Waals surface area (Å²) in [5.74, 6) is -0.838. The molecule has 2 heterocycles. The first-order chi connectivity index (χ1) is 20.1. The van der Waals surface area contributed by atoms with Gasteiger partial charge < -0.3 is 24.6 Å². The Morgan fingerprint density at radius 1 is 1.02 bits per heavy atom. The molecule has 1 amide bonds. The Morgan fingerprint density at radius 2 is 1.74 bits per heavy atom.